The first-order valence-electron chi connectivity index (χ1n) is 8.21. The minimum absolute atomic E-state index is 0. The first-order chi connectivity index (χ1) is 11.7. The summed E-state index contributed by atoms with van der Waals surface area (Å²) in [5, 5.41) is 6.29. The zero-order chi connectivity index (χ0) is 17.6. The smallest absolute Gasteiger partial charge is 0.191 e. The molecule has 25 heavy (non-hydrogen) atoms. The van der Waals surface area contributed by atoms with Crippen LogP contribution in [0.2, 0.25) is 0 Å². The van der Waals surface area contributed by atoms with Crippen LogP contribution in [0.4, 0.5) is 4.39 Å². The molecule has 2 N–H and O–H groups in total. The highest BCUT2D eigenvalue weighted by molar-refractivity contribution is 14.0. The van der Waals surface area contributed by atoms with Crippen LogP contribution in [0.1, 0.15) is 25.3 Å². The molecular formula is C17H28BrFIN3O2. The van der Waals surface area contributed by atoms with Crippen LogP contribution < -0.4 is 10.6 Å². The van der Waals surface area contributed by atoms with E-state index in [9.17, 15) is 4.39 Å². The van der Waals surface area contributed by atoms with Crippen molar-refractivity contribution in [3.63, 3.8) is 0 Å². The Labute approximate surface area is 175 Å². The molecule has 0 fully saturated rings. The van der Waals surface area contributed by atoms with E-state index in [1.807, 2.05) is 0 Å². The fourth-order valence-electron chi connectivity index (χ4n) is 1.89. The second kappa shape index (κ2) is 15.8. The van der Waals surface area contributed by atoms with Gasteiger partial charge in [-0.15, -0.1) is 24.0 Å². The van der Waals surface area contributed by atoms with Crippen LogP contribution in [0.5, 0.6) is 0 Å². The van der Waals surface area contributed by atoms with Gasteiger partial charge in [0, 0.05) is 31.2 Å². The molecule has 8 heteroatoms. The number of benzene rings is 1. The van der Waals surface area contributed by atoms with Crippen LogP contribution in [-0.4, -0.2) is 46.0 Å². The van der Waals surface area contributed by atoms with Crippen LogP contribution in [0, 0.1) is 5.82 Å². The van der Waals surface area contributed by atoms with Crippen molar-refractivity contribution in [2.75, 3.05) is 40.0 Å². The van der Waals surface area contributed by atoms with Crippen molar-refractivity contribution in [1.82, 2.24) is 10.6 Å². The van der Waals surface area contributed by atoms with Gasteiger partial charge in [0.25, 0.3) is 0 Å². The molecule has 0 aromatic heterocycles. The van der Waals surface area contributed by atoms with E-state index in [0.717, 1.165) is 29.5 Å². The van der Waals surface area contributed by atoms with Crippen LogP contribution in [0.15, 0.2) is 27.7 Å². The van der Waals surface area contributed by atoms with Crippen LogP contribution in [0.25, 0.3) is 0 Å². The number of hydrogen-bond acceptors (Lipinski definition) is 3. The van der Waals surface area contributed by atoms with Crippen molar-refractivity contribution < 1.29 is 13.9 Å². The maximum Gasteiger partial charge on any atom is 0.191 e. The zero-order valence-electron chi connectivity index (χ0n) is 14.8. The maximum absolute atomic E-state index is 13.3. The number of halogens is 3. The molecule has 0 saturated carbocycles. The highest BCUT2D eigenvalue weighted by Crippen LogP contribution is 2.17. The number of ether oxygens (including phenoxy) is 2. The number of nitrogens with one attached hydrogen (secondary N) is 2. The lowest BCUT2D eigenvalue weighted by atomic mass is 10.2. The topological polar surface area (TPSA) is 54.9 Å². The highest BCUT2D eigenvalue weighted by Gasteiger charge is 2.03. The SMILES string of the molecule is CCCCOCCOCCNC(=NC)NCc1cc(F)ccc1Br.I. The summed E-state index contributed by atoms with van der Waals surface area (Å²) in [7, 11) is 1.69. The summed E-state index contributed by atoms with van der Waals surface area (Å²) in [5.41, 5.74) is 0.832. The summed E-state index contributed by atoms with van der Waals surface area (Å²) in [6, 6.07) is 4.61. The van der Waals surface area contributed by atoms with Gasteiger partial charge in [0.1, 0.15) is 5.82 Å². The molecule has 0 aliphatic heterocycles. The van der Waals surface area contributed by atoms with E-state index in [0.29, 0.717) is 38.9 Å². The van der Waals surface area contributed by atoms with Crippen molar-refractivity contribution in [3.05, 3.63) is 34.1 Å². The Bertz CT molecular complexity index is 507. The molecule has 0 aliphatic rings. The van der Waals surface area contributed by atoms with Crippen molar-refractivity contribution in [2.45, 2.75) is 26.3 Å². The van der Waals surface area contributed by atoms with E-state index < -0.39 is 0 Å². The molecule has 0 heterocycles. The number of aliphatic imine (C=N–C) groups is 1. The fourth-order valence-corrected chi connectivity index (χ4v) is 2.28. The number of unbranched alkanes of at least 4 members (excludes halogenated alkanes) is 1. The summed E-state index contributed by atoms with van der Waals surface area (Å²) >= 11 is 3.41. The van der Waals surface area contributed by atoms with Gasteiger partial charge in [-0.2, -0.15) is 0 Å². The van der Waals surface area contributed by atoms with E-state index >= 15 is 0 Å². The Balaban J connectivity index is 0.00000576. The second-order valence-corrected chi connectivity index (χ2v) is 6.02. The average Bonchev–Trinajstić information content (AvgIpc) is 2.58. The monoisotopic (exact) mass is 531 g/mol. The Hall–Kier alpha value is -0.450. The van der Waals surface area contributed by atoms with Gasteiger partial charge in [0.2, 0.25) is 0 Å². The van der Waals surface area contributed by atoms with Crippen molar-refractivity contribution >= 4 is 45.9 Å². The molecule has 5 nitrogen and oxygen atoms in total. The summed E-state index contributed by atoms with van der Waals surface area (Å²) in [5.74, 6) is 0.390. The van der Waals surface area contributed by atoms with Gasteiger partial charge >= 0.3 is 0 Å². The minimum atomic E-state index is -0.257. The zero-order valence-corrected chi connectivity index (χ0v) is 18.7. The molecule has 0 atom stereocenters. The highest BCUT2D eigenvalue weighted by atomic mass is 127. The van der Waals surface area contributed by atoms with Gasteiger partial charge in [0.05, 0.1) is 19.8 Å². The lowest BCUT2D eigenvalue weighted by Crippen LogP contribution is -2.38. The third kappa shape index (κ3) is 11.7. The van der Waals surface area contributed by atoms with E-state index in [4.69, 9.17) is 9.47 Å². The normalized spacial score (nSPS) is 11.1. The Morgan fingerprint density at radius 1 is 1.16 bits per heavy atom. The van der Waals surface area contributed by atoms with Crippen molar-refractivity contribution in [1.29, 1.82) is 0 Å². The Morgan fingerprint density at radius 2 is 1.88 bits per heavy atom. The second-order valence-electron chi connectivity index (χ2n) is 5.17. The number of nitrogens with zero attached hydrogens (tertiary/aromatic N) is 1. The number of guanidine groups is 1. The molecule has 0 unspecified atom stereocenters. The fraction of sp³-hybridized carbons (Fsp3) is 0.588. The summed E-state index contributed by atoms with van der Waals surface area (Å²) in [6.07, 6.45) is 2.23. The quantitative estimate of drug-likeness (QED) is 0.198. The minimum Gasteiger partial charge on any atom is -0.379 e. The van der Waals surface area contributed by atoms with Gasteiger partial charge in [-0.1, -0.05) is 29.3 Å². The van der Waals surface area contributed by atoms with E-state index in [-0.39, 0.29) is 29.8 Å². The van der Waals surface area contributed by atoms with Crippen molar-refractivity contribution in [3.8, 4) is 0 Å². The molecule has 0 amide bonds. The molecule has 1 rings (SSSR count). The molecule has 144 valence electrons. The first-order valence-corrected chi connectivity index (χ1v) is 9.00. The molecule has 0 bridgehead atoms. The van der Waals surface area contributed by atoms with E-state index in [1.165, 1.54) is 12.1 Å². The van der Waals surface area contributed by atoms with E-state index in [1.54, 1.807) is 13.1 Å². The van der Waals surface area contributed by atoms with Crippen LogP contribution in [-0.2, 0) is 16.0 Å². The van der Waals surface area contributed by atoms with Crippen LogP contribution >= 0.6 is 39.9 Å². The predicted molar refractivity (Wildman–Crippen MR) is 114 cm³/mol. The average molecular weight is 532 g/mol. The Morgan fingerprint density at radius 3 is 2.56 bits per heavy atom. The Kier molecular flexibility index (Phi) is 15.5. The summed E-state index contributed by atoms with van der Waals surface area (Å²) in [4.78, 5) is 4.13. The maximum atomic E-state index is 13.3. The van der Waals surface area contributed by atoms with Gasteiger partial charge < -0.3 is 20.1 Å². The van der Waals surface area contributed by atoms with Gasteiger partial charge in [0.15, 0.2) is 5.96 Å². The van der Waals surface area contributed by atoms with E-state index in [2.05, 4.69) is 38.5 Å². The number of rotatable bonds is 11. The van der Waals surface area contributed by atoms with Gasteiger partial charge in [-0.05, 0) is 30.2 Å². The lowest BCUT2D eigenvalue weighted by molar-refractivity contribution is 0.0487. The van der Waals surface area contributed by atoms with Gasteiger partial charge in [-0.25, -0.2) is 4.39 Å². The molecule has 1 aromatic carbocycles. The van der Waals surface area contributed by atoms with Crippen LogP contribution in [0.3, 0.4) is 0 Å². The molecule has 1 aromatic rings. The summed E-state index contributed by atoms with van der Waals surface area (Å²) < 4.78 is 25.0. The molecule has 0 saturated heterocycles. The largest absolute Gasteiger partial charge is 0.379 e. The predicted octanol–water partition coefficient (Wildman–Crippen LogP) is 3.70. The third-order valence-corrected chi connectivity index (χ3v) is 4.00. The molecule has 0 spiro atoms. The van der Waals surface area contributed by atoms with Gasteiger partial charge in [-0.3, -0.25) is 4.99 Å². The first kappa shape index (κ1) is 24.6. The third-order valence-electron chi connectivity index (χ3n) is 3.23. The number of hydrogen-bond donors (Lipinski definition) is 2. The molecule has 0 aliphatic carbocycles. The summed E-state index contributed by atoms with van der Waals surface area (Å²) in [6.45, 7) is 5.84. The lowest BCUT2D eigenvalue weighted by Gasteiger charge is -2.13. The molecule has 0 radical (unpaired) electrons. The van der Waals surface area contributed by atoms with Crippen molar-refractivity contribution in [2.24, 2.45) is 4.99 Å². The standard InChI is InChI=1S/C17H27BrFN3O2.HI/c1-3-4-8-23-10-11-24-9-7-21-17(20-2)22-13-14-12-15(19)5-6-16(14)18;/h5-6,12H,3-4,7-11,13H2,1-2H3,(H2,20,21,22);1H. The molecular weight excluding hydrogens is 504 g/mol.